The molecule has 0 bridgehead atoms. The van der Waals surface area contributed by atoms with E-state index in [1.54, 1.807) is 48.5 Å². The fraction of sp³-hybridized carbons (Fsp3) is 0.375. The summed E-state index contributed by atoms with van der Waals surface area (Å²) in [6, 6.07) is 13.5. The smallest absolute Gasteiger partial charge is 0.338 e. The number of nitrogens with one attached hydrogen (secondary N) is 3. The summed E-state index contributed by atoms with van der Waals surface area (Å²) >= 11 is 0. The van der Waals surface area contributed by atoms with Crippen LogP contribution in [-0.2, 0) is 14.3 Å². The van der Waals surface area contributed by atoms with E-state index in [9.17, 15) is 14.4 Å². The molecule has 1 saturated heterocycles. The van der Waals surface area contributed by atoms with E-state index in [0.29, 0.717) is 35.7 Å². The Morgan fingerprint density at radius 3 is 2.59 bits per heavy atom. The van der Waals surface area contributed by atoms with Crippen LogP contribution >= 0.6 is 0 Å². The highest BCUT2D eigenvalue weighted by molar-refractivity contribution is 5.98. The van der Waals surface area contributed by atoms with Crippen LogP contribution < -0.4 is 16.0 Å². The van der Waals surface area contributed by atoms with Crippen molar-refractivity contribution in [3.63, 3.8) is 0 Å². The van der Waals surface area contributed by atoms with Crippen molar-refractivity contribution in [2.45, 2.75) is 32.3 Å². The number of benzene rings is 2. The van der Waals surface area contributed by atoms with Crippen LogP contribution in [0.2, 0.25) is 0 Å². The normalized spacial score (nSPS) is 15.1. The van der Waals surface area contributed by atoms with Gasteiger partial charge in [0.2, 0.25) is 5.91 Å². The number of rotatable bonds is 10. The van der Waals surface area contributed by atoms with Crippen molar-refractivity contribution < 1.29 is 23.9 Å². The Balaban J connectivity index is 1.46. The van der Waals surface area contributed by atoms with Gasteiger partial charge >= 0.3 is 5.97 Å². The van der Waals surface area contributed by atoms with Crippen molar-refractivity contribution in [1.29, 1.82) is 0 Å². The van der Waals surface area contributed by atoms with Gasteiger partial charge in [-0.2, -0.15) is 0 Å². The summed E-state index contributed by atoms with van der Waals surface area (Å²) in [7, 11) is 0. The van der Waals surface area contributed by atoms with Crippen LogP contribution in [0.3, 0.4) is 0 Å². The van der Waals surface area contributed by atoms with Crippen LogP contribution in [0.4, 0.5) is 11.4 Å². The number of hydrogen-bond donors (Lipinski definition) is 3. The van der Waals surface area contributed by atoms with Gasteiger partial charge in [-0.25, -0.2) is 4.79 Å². The zero-order valence-electron chi connectivity index (χ0n) is 18.2. The van der Waals surface area contributed by atoms with Gasteiger partial charge in [0.05, 0.1) is 24.8 Å². The summed E-state index contributed by atoms with van der Waals surface area (Å²) in [5, 5.41) is 8.65. The van der Waals surface area contributed by atoms with Gasteiger partial charge in [-0.15, -0.1) is 0 Å². The van der Waals surface area contributed by atoms with Gasteiger partial charge in [0.15, 0.2) is 0 Å². The molecule has 3 rings (SSSR count). The first kappa shape index (κ1) is 23.3. The van der Waals surface area contributed by atoms with Gasteiger partial charge < -0.3 is 25.4 Å². The van der Waals surface area contributed by atoms with Crippen molar-refractivity contribution in [2.75, 3.05) is 36.9 Å². The van der Waals surface area contributed by atoms with Gasteiger partial charge in [0.25, 0.3) is 5.91 Å². The Morgan fingerprint density at radius 2 is 1.88 bits per heavy atom. The highest BCUT2D eigenvalue weighted by Gasteiger charge is 2.17. The third-order valence-electron chi connectivity index (χ3n) is 4.93. The third kappa shape index (κ3) is 7.09. The first-order valence-electron chi connectivity index (χ1n) is 10.9. The number of amides is 2. The van der Waals surface area contributed by atoms with Gasteiger partial charge in [0.1, 0.15) is 0 Å². The minimum atomic E-state index is -0.365. The van der Waals surface area contributed by atoms with Crippen molar-refractivity contribution >= 4 is 29.2 Å². The van der Waals surface area contributed by atoms with E-state index in [4.69, 9.17) is 9.47 Å². The van der Waals surface area contributed by atoms with Gasteiger partial charge in [-0.05, 0) is 61.7 Å². The first-order valence-corrected chi connectivity index (χ1v) is 10.9. The van der Waals surface area contributed by atoms with Crippen molar-refractivity contribution in [3.8, 4) is 0 Å². The first-order chi connectivity index (χ1) is 15.5. The maximum Gasteiger partial charge on any atom is 0.338 e. The zero-order chi connectivity index (χ0) is 22.8. The Labute approximate surface area is 187 Å². The maximum absolute atomic E-state index is 12.4. The van der Waals surface area contributed by atoms with E-state index in [1.165, 1.54) is 0 Å². The van der Waals surface area contributed by atoms with Crippen LogP contribution in [0, 0.1) is 0 Å². The Morgan fingerprint density at radius 1 is 1.06 bits per heavy atom. The number of ether oxygens (including phenoxy) is 2. The molecule has 0 saturated carbocycles. The average molecular weight is 440 g/mol. The lowest BCUT2D eigenvalue weighted by molar-refractivity contribution is -0.114. The zero-order valence-corrected chi connectivity index (χ0v) is 18.2. The number of hydrogen-bond acceptors (Lipinski definition) is 6. The average Bonchev–Trinajstić information content (AvgIpc) is 3.34. The lowest BCUT2D eigenvalue weighted by Gasteiger charge is -2.12. The standard InChI is InChI=1S/C24H29N3O5/c1-2-12-32-24(30)17-8-10-19(11-9-17)25-16-22(28)27-20-6-3-5-18(14-20)23(29)26-15-21-7-4-13-31-21/h3,5-6,8-11,14,21,25H,2,4,7,12-13,15-16H2,1H3,(H,26,29)(H,27,28). The molecule has 32 heavy (non-hydrogen) atoms. The molecule has 2 amide bonds. The monoisotopic (exact) mass is 439 g/mol. The minimum Gasteiger partial charge on any atom is -0.462 e. The second-order valence-electron chi connectivity index (χ2n) is 7.54. The molecule has 0 radical (unpaired) electrons. The molecule has 3 N–H and O–H groups in total. The maximum atomic E-state index is 12.4. The highest BCUT2D eigenvalue weighted by Crippen LogP contribution is 2.14. The molecule has 2 aromatic rings. The van der Waals surface area contributed by atoms with Crippen molar-refractivity contribution in [2.24, 2.45) is 0 Å². The minimum absolute atomic E-state index is 0.0368. The molecule has 170 valence electrons. The SMILES string of the molecule is CCCOC(=O)c1ccc(NCC(=O)Nc2cccc(C(=O)NCC3CCCO3)c2)cc1. The predicted octanol–water partition coefficient (Wildman–Crippen LogP) is 3.21. The molecular weight excluding hydrogens is 410 g/mol. The molecule has 1 atom stereocenters. The second-order valence-corrected chi connectivity index (χ2v) is 7.54. The molecule has 1 heterocycles. The highest BCUT2D eigenvalue weighted by atomic mass is 16.5. The number of carbonyl (C=O) groups is 3. The molecule has 0 spiro atoms. The van der Waals surface area contributed by atoms with Gasteiger partial charge in [0, 0.05) is 30.1 Å². The lowest BCUT2D eigenvalue weighted by atomic mass is 10.1. The fourth-order valence-electron chi connectivity index (χ4n) is 3.24. The van der Waals surface area contributed by atoms with E-state index in [-0.39, 0.29) is 30.4 Å². The summed E-state index contributed by atoms with van der Waals surface area (Å²) < 4.78 is 10.6. The van der Waals surface area contributed by atoms with E-state index in [0.717, 1.165) is 25.9 Å². The van der Waals surface area contributed by atoms with E-state index < -0.39 is 0 Å². The summed E-state index contributed by atoms with van der Waals surface area (Å²) in [5.41, 5.74) is 2.17. The van der Waals surface area contributed by atoms with Gasteiger partial charge in [-0.1, -0.05) is 13.0 Å². The molecule has 1 unspecified atom stereocenters. The quantitative estimate of drug-likeness (QED) is 0.491. The molecule has 0 aromatic heterocycles. The Hall–Kier alpha value is -3.39. The number of anilines is 2. The summed E-state index contributed by atoms with van der Waals surface area (Å²) in [5.74, 6) is -0.823. The summed E-state index contributed by atoms with van der Waals surface area (Å²) in [6.45, 7) is 3.58. The molecule has 1 fully saturated rings. The van der Waals surface area contributed by atoms with E-state index in [1.807, 2.05) is 6.92 Å². The summed E-state index contributed by atoms with van der Waals surface area (Å²) in [6.07, 6.45) is 2.81. The van der Waals surface area contributed by atoms with Crippen LogP contribution in [0.1, 0.15) is 46.9 Å². The third-order valence-corrected chi connectivity index (χ3v) is 4.93. The fourth-order valence-corrected chi connectivity index (χ4v) is 3.24. The number of esters is 1. The molecule has 1 aliphatic heterocycles. The van der Waals surface area contributed by atoms with Crippen LogP contribution in [0.5, 0.6) is 0 Å². The van der Waals surface area contributed by atoms with Crippen molar-refractivity contribution in [1.82, 2.24) is 5.32 Å². The van der Waals surface area contributed by atoms with Crippen LogP contribution in [0.15, 0.2) is 48.5 Å². The Kier molecular flexibility index (Phi) is 8.62. The molecule has 1 aliphatic rings. The predicted molar refractivity (Wildman–Crippen MR) is 122 cm³/mol. The van der Waals surface area contributed by atoms with Crippen LogP contribution in [-0.4, -0.2) is 50.2 Å². The Bertz CT molecular complexity index is 923. The van der Waals surface area contributed by atoms with Crippen molar-refractivity contribution in [3.05, 3.63) is 59.7 Å². The van der Waals surface area contributed by atoms with E-state index in [2.05, 4.69) is 16.0 Å². The van der Waals surface area contributed by atoms with E-state index >= 15 is 0 Å². The summed E-state index contributed by atoms with van der Waals surface area (Å²) in [4.78, 5) is 36.5. The lowest BCUT2D eigenvalue weighted by Crippen LogP contribution is -2.31. The second kappa shape index (κ2) is 11.9. The molecule has 2 aromatic carbocycles. The molecule has 0 aliphatic carbocycles. The van der Waals surface area contributed by atoms with Gasteiger partial charge in [-0.3, -0.25) is 9.59 Å². The van der Waals surface area contributed by atoms with Crippen LogP contribution in [0.25, 0.3) is 0 Å². The topological polar surface area (TPSA) is 106 Å². The molecular formula is C24H29N3O5. The molecule has 8 nitrogen and oxygen atoms in total. The molecule has 8 heteroatoms. The largest absolute Gasteiger partial charge is 0.462 e. The number of carbonyl (C=O) groups excluding carboxylic acids is 3.